The second-order valence-corrected chi connectivity index (χ2v) is 4.77. The van der Waals surface area contributed by atoms with Crippen LogP contribution in [0.3, 0.4) is 0 Å². The third-order valence-electron chi connectivity index (χ3n) is 3.14. The van der Waals surface area contributed by atoms with Crippen molar-refractivity contribution in [3.8, 4) is 0 Å². The van der Waals surface area contributed by atoms with Gasteiger partial charge in [-0.05, 0) is 37.6 Å². The molecule has 2 atom stereocenters. The summed E-state index contributed by atoms with van der Waals surface area (Å²) in [5.74, 6) is -0.0662. The molecule has 82 valence electrons. The largest absolute Gasteiger partial charge is 0.316 e. The van der Waals surface area contributed by atoms with Crippen LogP contribution in [0, 0.1) is 0 Å². The molecule has 1 N–H and O–H groups in total. The zero-order valence-electron chi connectivity index (χ0n) is 8.76. The van der Waals surface area contributed by atoms with E-state index < -0.39 is 5.67 Å². The van der Waals surface area contributed by atoms with Crippen molar-refractivity contribution < 1.29 is 4.39 Å². The van der Waals surface area contributed by atoms with Gasteiger partial charge in [0.05, 0.1) is 0 Å². The van der Waals surface area contributed by atoms with E-state index in [1.165, 1.54) is 0 Å². The van der Waals surface area contributed by atoms with Crippen LogP contribution in [0.2, 0.25) is 5.02 Å². The minimum Gasteiger partial charge on any atom is -0.316 e. The number of halogens is 2. The zero-order valence-corrected chi connectivity index (χ0v) is 9.52. The zero-order chi connectivity index (χ0) is 10.9. The third kappa shape index (κ3) is 2.32. The molecule has 1 nitrogen and oxygen atoms in total. The maximum atomic E-state index is 14.2. The van der Waals surface area contributed by atoms with E-state index in [0.29, 0.717) is 18.0 Å². The van der Waals surface area contributed by atoms with Gasteiger partial charge in [0.15, 0.2) is 0 Å². The molecule has 1 saturated heterocycles. The smallest absolute Gasteiger partial charge is 0.117 e. The topological polar surface area (TPSA) is 12.0 Å². The molecule has 0 bridgehead atoms. The Bertz CT molecular complexity index is 334. The van der Waals surface area contributed by atoms with Gasteiger partial charge in [0.25, 0.3) is 0 Å². The van der Waals surface area contributed by atoms with E-state index in [-0.39, 0.29) is 5.92 Å². The van der Waals surface area contributed by atoms with Crippen LogP contribution in [0.1, 0.15) is 24.8 Å². The van der Waals surface area contributed by atoms with Crippen LogP contribution in [0.25, 0.3) is 0 Å². The first-order chi connectivity index (χ1) is 7.09. The first-order valence-electron chi connectivity index (χ1n) is 5.25. The van der Waals surface area contributed by atoms with E-state index in [1.54, 1.807) is 6.92 Å². The predicted octanol–water partition coefficient (Wildman–Crippen LogP) is 3.15. The maximum Gasteiger partial charge on any atom is 0.117 e. The molecular weight excluding hydrogens is 213 g/mol. The van der Waals surface area contributed by atoms with Crippen LogP contribution < -0.4 is 5.32 Å². The first-order valence-corrected chi connectivity index (χ1v) is 5.62. The molecule has 1 aliphatic heterocycles. The lowest BCUT2D eigenvalue weighted by molar-refractivity contribution is 0.110. The minimum atomic E-state index is -1.11. The quantitative estimate of drug-likeness (QED) is 0.777. The molecule has 0 amide bonds. The van der Waals surface area contributed by atoms with Crippen LogP contribution in [0.15, 0.2) is 24.3 Å². The van der Waals surface area contributed by atoms with Crippen molar-refractivity contribution in [2.24, 2.45) is 0 Å². The molecule has 2 unspecified atom stereocenters. The standard InChI is InChI=1S/C12H15ClFN/c1-12(14)6-7-15-8-11(12)9-2-4-10(13)5-3-9/h2-5,11,15H,6-8H2,1H3. The summed E-state index contributed by atoms with van der Waals surface area (Å²) in [7, 11) is 0. The fourth-order valence-corrected chi connectivity index (χ4v) is 2.25. The summed E-state index contributed by atoms with van der Waals surface area (Å²) in [6, 6.07) is 7.47. The van der Waals surface area contributed by atoms with Gasteiger partial charge >= 0.3 is 0 Å². The van der Waals surface area contributed by atoms with E-state index in [2.05, 4.69) is 5.32 Å². The number of hydrogen-bond donors (Lipinski definition) is 1. The second kappa shape index (κ2) is 4.11. The molecule has 0 spiro atoms. The van der Waals surface area contributed by atoms with Gasteiger partial charge in [-0.3, -0.25) is 0 Å². The normalized spacial score (nSPS) is 31.5. The molecule has 0 aromatic heterocycles. The summed E-state index contributed by atoms with van der Waals surface area (Å²) in [6.45, 7) is 3.15. The van der Waals surface area contributed by atoms with Gasteiger partial charge in [0.1, 0.15) is 5.67 Å². The number of benzene rings is 1. The Morgan fingerprint density at radius 1 is 1.40 bits per heavy atom. The Morgan fingerprint density at radius 2 is 2.07 bits per heavy atom. The van der Waals surface area contributed by atoms with E-state index in [9.17, 15) is 4.39 Å². The first kappa shape index (κ1) is 10.9. The predicted molar refractivity (Wildman–Crippen MR) is 61.2 cm³/mol. The fraction of sp³-hybridized carbons (Fsp3) is 0.500. The van der Waals surface area contributed by atoms with Crippen LogP contribution in [-0.2, 0) is 0 Å². The van der Waals surface area contributed by atoms with Crippen molar-refractivity contribution in [2.75, 3.05) is 13.1 Å². The summed E-state index contributed by atoms with van der Waals surface area (Å²) in [5, 5.41) is 3.93. The van der Waals surface area contributed by atoms with E-state index in [0.717, 1.165) is 12.1 Å². The molecule has 0 radical (unpaired) electrons. The lowest BCUT2D eigenvalue weighted by Crippen LogP contribution is -2.43. The molecule has 1 aromatic carbocycles. The number of alkyl halides is 1. The van der Waals surface area contributed by atoms with Crippen LogP contribution in [0.5, 0.6) is 0 Å². The maximum absolute atomic E-state index is 14.2. The highest BCUT2D eigenvalue weighted by molar-refractivity contribution is 6.30. The summed E-state index contributed by atoms with van der Waals surface area (Å²) in [6.07, 6.45) is 0.570. The molecule has 1 aromatic rings. The van der Waals surface area contributed by atoms with Crippen molar-refractivity contribution >= 4 is 11.6 Å². The fourth-order valence-electron chi connectivity index (χ4n) is 2.13. The van der Waals surface area contributed by atoms with Gasteiger partial charge in [-0.25, -0.2) is 4.39 Å². The van der Waals surface area contributed by atoms with Gasteiger partial charge in [-0.1, -0.05) is 23.7 Å². The molecule has 0 aliphatic carbocycles. The van der Waals surface area contributed by atoms with E-state index in [1.807, 2.05) is 24.3 Å². The number of rotatable bonds is 1. The molecular formula is C12H15ClFN. The number of nitrogens with one attached hydrogen (secondary N) is 1. The van der Waals surface area contributed by atoms with Gasteiger partial charge in [-0.2, -0.15) is 0 Å². The van der Waals surface area contributed by atoms with Gasteiger partial charge in [0, 0.05) is 17.5 Å². The Labute approximate surface area is 94.6 Å². The summed E-state index contributed by atoms with van der Waals surface area (Å²) in [5.41, 5.74) is -0.0874. The van der Waals surface area contributed by atoms with Crippen molar-refractivity contribution in [1.29, 1.82) is 0 Å². The highest BCUT2D eigenvalue weighted by Crippen LogP contribution is 2.36. The molecule has 3 heteroatoms. The van der Waals surface area contributed by atoms with Gasteiger partial charge in [0.2, 0.25) is 0 Å². The molecule has 1 heterocycles. The number of hydrogen-bond acceptors (Lipinski definition) is 1. The summed E-state index contributed by atoms with van der Waals surface area (Å²) >= 11 is 5.81. The Balaban J connectivity index is 2.25. The minimum absolute atomic E-state index is 0.0662. The lowest BCUT2D eigenvalue weighted by atomic mass is 9.80. The molecule has 1 aliphatic rings. The monoisotopic (exact) mass is 227 g/mol. The van der Waals surface area contributed by atoms with Crippen molar-refractivity contribution in [1.82, 2.24) is 5.32 Å². The van der Waals surface area contributed by atoms with Crippen molar-refractivity contribution in [3.63, 3.8) is 0 Å². The van der Waals surface area contributed by atoms with Gasteiger partial charge in [-0.15, -0.1) is 0 Å². The van der Waals surface area contributed by atoms with E-state index >= 15 is 0 Å². The highest BCUT2D eigenvalue weighted by Gasteiger charge is 2.37. The Kier molecular flexibility index (Phi) is 2.98. The molecule has 15 heavy (non-hydrogen) atoms. The van der Waals surface area contributed by atoms with Crippen molar-refractivity contribution in [2.45, 2.75) is 24.9 Å². The second-order valence-electron chi connectivity index (χ2n) is 4.34. The number of piperidine rings is 1. The molecule has 0 saturated carbocycles. The Morgan fingerprint density at radius 3 is 2.67 bits per heavy atom. The van der Waals surface area contributed by atoms with Crippen LogP contribution in [0.4, 0.5) is 4.39 Å². The summed E-state index contributed by atoms with van der Waals surface area (Å²) in [4.78, 5) is 0. The molecule has 2 rings (SSSR count). The van der Waals surface area contributed by atoms with Gasteiger partial charge < -0.3 is 5.32 Å². The van der Waals surface area contributed by atoms with Crippen molar-refractivity contribution in [3.05, 3.63) is 34.9 Å². The summed E-state index contributed by atoms with van der Waals surface area (Å²) < 4.78 is 14.2. The lowest BCUT2D eigenvalue weighted by Gasteiger charge is -2.35. The average molecular weight is 228 g/mol. The highest BCUT2D eigenvalue weighted by atomic mass is 35.5. The Hall–Kier alpha value is -0.600. The third-order valence-corrected chi connectivity index (χ3v) is 3.39. The van der Waals surface area contributed by atoms with Crippen LogP contribution >= 0.6 is 11.6 Å². The van der Waals surface area contributed by atoms with Crippen LogP contribution in [-0.4, -0.2) is 18.8 Å². The molecule has 1 fully saturated rings. The SMILES string of the molecule is CC1(F)CCNCC1c1ccc(Cl)cc1. The van der Waals surface area contributed by atoms with E-state index in [4.69, 9.17) is 11.6 Å². The average Bonchev–Trinajstić information content (AvgIpc) is 2.19.